The number of hydrogen-bond donors (Lipinski definition) is 2. The summed E-state index contributed by atoms with van der Waals surface area (Å²) in [4.78, 5) is 19.2. The Bertz CT molecular complexity index is 599. The van der Waals surface area contributed by atoms with Gasteiger partial charge in [-0.3, -0.25) is 0 Å². The van der Waals surface area contributed by atoms with Crippen molar-refractivity contribution >= 4 is 11.8 Å². The number of nitrogens with one attached hydrogen (secondary N) is 1. The van der Waals surface area contributed by atoms with Gasteiger partial charge in [-0.2, -0.15) is 0 Å². The standard InChI is InChI=1S/C13H12FN3O2/c1-2-15-11-7-10(13(18)19)16-12(17-11)8-3-5-9(14)6-4-8/h3-7H,2H2,1H3,(H,18,19)(H,15,16,17). The van der Waals surface area contributed by atoms with E-state index in [0.717, 1.165) is 0 Å². The van der Waals surface area contributed by atoms with Gasteiger partial charge >= 0.3 is 5.97 Å². The Morgan fingerprint density at radius 2 is 2.00 bits per heavy atom. The second kappa shape index (κ2) is 5.43. The highest BCUT2D eigenvalue weighted by Crippen LogP contribution is 2.18. The summed E-state index contributed by atoms with van der Waals surface area (Å²) in [5.41, 5.74) is 0.453. The van der Waals surface area contributed by atoms with Crippen molar-refractivity contribution in [3.8, 4) is 11.4 Å². The summed E-state index contributed by atoms with van der Waals surface area (Å²) < 4.78 is 12.9. The monoisotopic (exact) mass is 261 g/mol. The van der Waals surface area contributed by atoms with E-state index in [1.165, 1.54) is 30.3 Å². The number of anilines is 1. The predicted octanol–water partition coefficient (Wildman–Crippen LogP) is 2.41. The van der Waals surface area contributed by atoms with Crippen molar-refractivity contribution in [2.75, 3.05) is 11.9 Å². The first-order valence-corrected chi connectivity index (χ1v) is 5.72. The molecule has 1 heterocycles. The normalized spacial score (nSPS) is 10.2. The number of aromatic nitrogens is 2. The molecule has 5 nitrogen and oxygen atoms in total. The molecule has 0 saturated carbocycles. The maximum absolute atomic E-state index is 12.9. The van der Waals surface area contributed by atoms with Crippen LogP contribution in [-0.4, -0.2) is 27.6 Å². The Morgan fingerprint density at radius 3 is 2.58 bits per heavy atom. The fraction of sp³-hybridized carbons (Fsp3) is 0.154. The van der Waals surface area contributed by atoms with Crippen LogP contribution in [-0.2, 0) is 0 Å². The largest absolute Gasteiger partial charge is 0.477 e. The number of benzene rings is 1. The summed E-state index contributed by atoms with van der Waals surface area (Å²) in [6.45, 7) is 2.49. The quantitative estimate of drug-likeness (QED) is 0.884. The third-order valence-corrected chi connectivity index (χ3v) is 2.41. The number of halogens is 1. The minimum atomic E-state index is -1.13. The van der Waals surface area contributed by atoms with E-state index in [1.807, 2.05) is 6.92 Å². The van der Waals surface area contributed by atoms with Crippen LogP contribution in [0.25, 0.3) is 11.4 Å². The molecule has 0 aliphatic rings. The zero-order valence-electron chi connectivity index (χ0n) is 10.2. The van der Waals surface area contributed by atoms with Crippen LogP contribution in [0.15, 0.2) is 30.3 Å². The molecule has 1 aromatic heterocycles. The highest BCUT2D eigenvalue weighted by molar-refractivity contribution is 5.86. The van der Waals surface area contributed by atoms with Gasteiger partial charge in [0, 0.05) is 18.2 Å². The van der Waals surface area contributed by atoms with Gasteiger partial charge in [0.05, 0.1) is 0 Å². The number of rotatable bonds is 4. The Balaban J connectivity index is 2.49. The van der Waals surface area contributed by atoms with Crippen molar-refractivity contribution in [1.82, 2.24) is 9.97 Å². The average Bonchev–Trinajstić information content (AvgIpc) is 2.39. The van der Waals surface area contributed by atoms with Crippen LogP contribution in [0.4, 0.5) is 10.2 Å². The molecule has 2 aromatic rings. The Kier molecular flexibility index (Phi) is 3.70. The number of aromatic carboxylic acids is 1. The van der Waals surface area contributed by atoms with Gasteiger partial charge in [0.1, 0.15) is 11.6 Å². The van der Waals surface area contributed by atoms with Gasteiger partial charge in [-0.15, -0.1) is 0 Å². The van der Waals surface area contributed by atoms with Crippen molar-refractivity contribution in [2.24, 2.45) is 0 Å². The molecular weight excluding hydrogens is 249 g/mol. The molecule has 2 rings (SSSR count). The van der Waals surface area contributed by atoms with Gasteiger partial charge in [0.2, 0.25) is 0 Å². The van der Waals surface area contributed by atoms with E-state index in [2.05, 4.69) is 15.3 Å². The van der Waals surface area contributed by atoms with Crippen LogP contribution in [0.1, 0.15) is 17.4 Å². The van der Waals surface area contributed by atoms with E-state index in [4.69, 9.17) is 5.11 Å². The highest BCUT2D eigenvalue weighted by Gasteiger charge is 2.11. The number of carbonyl (C=O) groups is 1. The zero-order valence-corrected chi connectivity index (χ0v) is 10.2. The summed E-state index contributed by atoms with van der Waals surface area (Å²) in [6, 6.07) is 6.93. The lowest BCUT2D eigenvalue weighted by Crippen LogP contribution is -2.07. The maximum atomic E-state index is 12.9. The van der Waals surface area contributed by atoms with Crippen molar-refractivity contribution in [3.05, 3.63) is 41.8 Å². The van der Waals surface area contributed by atoms with E-state index in [0.29, 0.717) is 17.9 Å². The summed E-state index contributed by atoms with van der Waals surface area (Å²) in [5.74, 6) is -0.833. The molecule has 0 unspecified atom stereocenters. The molecule has 0 aliphatic carbocycles. The maximum Gasteiger partial charge on any atom is 0.354 e. The Hall–Kier alpha value is -2.50. The number of hydrogen-bond acceptors (Lipinski definition) is 4. The molecule has 0 amide bonds. The minimum Gasteiger partial charge on any atom is -0.477 e. The van der Waals surface area contributed by atoms with Crippen molar-refractivity contribution in [2.45, 2.75) is 6.92 Å². The molecule has 2 N–H and O–H groups in total. The van der Waals surface area contributed by atoms with Crippen molar-refractivity contribution in [1.29, 1.82) is 0 Å². The SMILES string of the molecule is CCNc1cc(C(=O)O)nc(-c2ccc(F)cc2)n1. The molecule has 0 spiro atoms. The van der Waals surface area contributed by atoms with E-state index in [-0.39, 0.29) is 17.3 Å². The fourth-order valence-electron chi connectivity index (χ4n) is 1.56. The molecule has 0 atom stereocenters. The molecule has 6 heteroatoms. The molecule has 0 aliphatic heterocycles. The van der Waals surface area contributed by atoms with Crippen LogP contribution in [0.2, 0.25) is 0 Å². The van der Waals surface area contributed by atoms with Crippen LogP contribution in [0, 0.1) is 5.82 Å². The van der Waals surface area contributed by atoms with E-state index in [9.17, 15) is 9.18 Å². The fourth-order valence-corrected chi connectivity index (χ4v) is 1.56. The second-order valence-corrected chi connectivity index (χ2v) is 3.80. The molecule has 0 saturated heterocycles. The van der Waals surface area contributed by atoms with Crippen molar-refractivity contribution < 1.29 is 14.3 Å². The summed E-state index contributed by atoms with van der Waals surface area (Å²) in [5, 5.41) is 12.0. The summed E-state index contributed by atoms with van der Waals surface area (Å²) in [7, 11) is 0. The summed E-state index contributed by atoms with van der Waals surface area (Å²) in [6.07, 6.45) is 0. The van der Waals surface area contributed by atoms with Crippen LogP contribution < -0.4 is 5.32 Å². The first-order chi connectivity index (χ1) is 9.10. The molecule has 98 valence electrons. The molecule has 19 heavy (non-hydrogen) atoms. The molecule has 0 radical (unpaired) electrons. The van der Waals surface area contributed by atoms with Gasteiger partial charge in [-0.1, -0.05) is 0 Å². The molecule has 0 fully saturated rings. The lowest BCUT2D eigenvalue weighted by atomic mass is 10.2. The highest BCUT2D eigenvalue weighted by atomic mass is 19.1. The second-order valence-electron chi connectivity index (χ2n) is 3.80. The van der Waals surface area contributed by atoms with E-state index < -0.39 is 5.97 Å². The molecule has 1 aromatic carbocycles. The van der Waals surface area contributed by atoms with Crippen molar-refractivity contribution in [3.63, 3.8) is 0 Å². The van der Waals surface area contributed by atoms with Gasteiger partial charge in [0.15, 0.2) is 11.5 Å². The smallest absolute Gasteiger partial charge is 0.354 e. The average molecular weight is 261 g/mol. The van der Waals surface area contributed by atoms with Gasteiger partial charge in [-0.25, -0.2) is 19.2 Å². The topological polar surface area (TPSA) is 75.1 Å². The first-order valence-electron chi connectivity index (χ1n) is 5.72. The Morgan fingerprint density at radius 1 is 1.32 bits per heavy atom. The van der Waals surface area contributed by atoms with Gasteiger partial charge < -0.3 is 10.4 Å². The number of carboxylic acid groups (broad SMARTS) is 1. The third-order valence-electron chi connectivity index (χ3n) is 2.41. The molecular formula is C13H12FN3O2. The lowest BCUT2D eigenvalue weighted by molar-refractivity contribution is 0.0690. The molecule has 0 bridgehead atoms. The lowest BCUT2D eigenvalue weighted by Gasteiger charge is -2.07. The third kappa shape index (κ3) is 3.04. The first kappa shape index (κ1) is 12.9. The number of nitrogens with zero attached hydrogens (tertiary/aromatic N) is 2. The zero-order chi connectivity index (χ0) is 13.8. The van der Waals surface area contributed by atoms with E-state index in [1.54, 1.807) is 0 Å². The van der Waals surface area contributed by atoms with Crippen LogP contribution >= 0.6 is 0 Å². The van der Waals surface area contributed by atoms with Gasteiger partial charge in [0.25, 0.3) is 0 Å². The van der Waals surface area contributed by atoms with E-state index >= 15 is 0 Å². The predicted molar refractivity (Wildman–Crippen MR) is 68.5 cm³/mol. The summed E-state index contributed by atoms with van der Waals surface area (Å²) >= 11 is 0. The van der Waals surface area contributed by atoms with Crippen LogP contribution in [0.5, 0.6) is 0 Å². The van der Waals surface area contributed by atoms with Crippen LogP contribution in [0.3, 0.4) is 0 Å². The Labute approximate surface area is 109 Å². The van der Waals surface area contributed by atoms with Gasteiger partial charge in [-0.05, 0) is 31.2 Å². The minimum absolute atomic E-state index is 0.106. The number of carboxylic acids is 1.